The van der Waals surface area contributed by atoms with E-state index < -0.39 is 0 Å². The number of carbonyl (C=O) groups excluding carboxylic acids is 1. The fraction of sp³-hybridized carbons (Fsp3) is 0.176. The van der Waals surface area contributed by atoms with Gasteiger partial charge in [0.15, 0.2) is 0 Å². The van der Waals surface area contributed by atoms with Gasteiger partial charge in [-0.3, -0.25) is 4.79 Å². The Hall–Kier alpha value is -2.20. The zero-order valence-electron chi connectivity index (χ0n) is 11.9. The van der Waals surface area contributed by atoms with Gasteiger partial charge in [0.25, 0.3) is 5.91 Å². The number of benzene rings is 2. The van der Waals surface area contributed by atoms with E-state index in [1.165, 1.54) is 0 Å². The number of nitrogens with one attached hydrogen (secondary N) is 1. The maximum absolute atomic E-state index is 12.3. The quantitative estimate of drug-likeness (QED) is 0.833. The van der Waals surface area contributed by atoms with Gasteiger partial charge in [0.1, 0.15) is 4.99 Å². The first kappa shape index (κ1) is 15.2. The van der Waals surface area contributed by atoms with E-state index in [1.807, 2.05) is 37.3 Å². The number of rotatable bonds is 5. The van der Waals surface area contributed by atoms with Gasteiger partial charge >= 0.3 is 0 Å². The van der Waals surface area contributed by atoms with E-state index in [0.717, 1.165) is 17.5 Å². The van der Waals surface area contributed by atoms with Gasteiger partial charge in [-0.2, -0.15) is 0 Å². The molecule has 21 heavy (non-hydrogen) atoms. The minimum Gasteiger partial charge on any atom is -0.389 e. The van der Waals surface area contributed by atoms with Gasteiger partial charge in [-0.15, -0.1) is 0 Å². The van der Waals surface area contributed by atoms with Crippen LogP contribution in [0.25, 0.3) is 0 Å². The summed E-state index contributed by atoms with van der Waals surface area (Å²) in [6.07, 6.45) is 0.834. The van der Waals surface area contributed by atoms with Crippen molar-refractivity contribution in [1.82, 2.24) is 5.32 Å². The van der Waals surface area contributed by atoms with Crippen molar-refractivity contribution in [3.63, 3.8) is 0 Å². The van der Waals surface area contributed by atoms with Crippen molar-refractivity contribution in [3.8, 4) is 0 Å². The lowest BCUT2D eigenvalue weighted by Crippen LogP contribution is -2.28. The molecule has 1 amide bonds. The van der Waals surface area contributed by atoms with E-state index in [2.05, 4.69) is 5.32 Å². The van der Waals surface area contributed by atoms with Crippen molar-refractivity contribution >= 4 is 23.1 Å². The smallest absolute Gasteiger partial charge is 0.251 e. The zero-order valence-corrected chi connectivity index (χ0v) is 12.7. The van der Waals surface area contributed by atoms with Crippen LogP contribution in [0.2, 0.25) is 0 Å². The highest BCUT2D eigenvalue weighted by atomic mass is 32.1. The highest BCUT2D eigenvalue weighted by Gasteiger charge is 2.13. The van der Waals surface area contributed by atoms with Crippen LogP contribution in [-0.4, -0.2) is 10.9 Å². The van der Waals surface area contributed by atoms with Crippen molar-refractivity contribution in [2.45, 2.75) is 19.4 Å². The molecule has 4 heteroatoms. The molecule has 0 aromatic heterocycles. The Balaban J connectivity index is 2.11. The molecule has 0 heterocycles. The van der Waals surface area contributed by atoms with Crippen LogP contribution in [0.5, 0.6) is 0 Å². The molecule has 2 aromatic rings. The average Bonchev–Trinajstić information content (AvgIpc) is 2.53. The molecular formula is C17H18N2OS. The Bertz CT molecular complexity index is 623. The highest BCUT2D eigenvalue weighted by Crippen LogP contribution is 2.17. The van der Waals surface area contributed by atoms with Crippen molar-refractivity contribution in [3.05, 3.63) is 71.3 Å². The number of amides is 1. The number of thiocarbonyl (C=S) groups is 1. The molecule has 1 atom stereocenters. The molecule has 3 nitrogen and oxygen atoms in total. The van der Waals surface area contributed by atoms with Gasteiger partial charge in [-0.1, -0.05) is 61.6 Å². The first-order chi connectivity index (χ1) is 10.1. The van der Waals surface area contributed by atoms with E-state index in [1.54, 1.807) is 24.3 Å². The van der Waals surface area contributed by atoms with Gasteiger partial charge in [0, 0.05) is 11.1 Å². The first-order valence-electron chi connectivity index (χ1n) is 6.87. The zero-order chi connectivity index (χ0) is 15.2. The van der Waals surface area contributed by atoms with Crippen molar-refractivity contribution in [1.29, 1.82) is 0 Å². The van der Waals surface area contributed by atoms with Gasteiger partial charge in [0.2, 0.25) is 0 Å². The molecule has 0 radical (unpaired) electrons. The second-order valence-electron chi connectivity index (χ2n) is 4.79. The Morgan fingerprint density at radius 2 is 1.67 bits per heavy atom. The molecule has 2 rings (SSSR count). The summed E-state index contributed by atoms with van der Waals surface area (Å²) < 4.78 is 0. The van der Waals surface area contributed by atoms with Gasteiger partial charge in [0.05, 0.1) is 6.04 Å². The van der Waals surface area contributed by atoms with Crippen LogP contribution in [0.4, 0.5) is 0 Å². The van der Waals surface area contributed by atoms with Crippen LogP contribution in [0.1, 0.15) is 40.9 Å². The summed E-state index contributed by atoms with van der Waals surface area (Å²) in [7, 11) is 0. The maximum Gasteiger partial charge on any atom is 0.251 e. The van der Waals surface area contributed by atoms with Crippen molar-refractivity contribution in [2.24, 2.45) is 5.73 Å². The first-order valence-corrected chi connectivity index (χ1v) is 7.28. The maximum atomic E-state index is 12.3. The summed E-state index contributed by atoms with van der Waals surface area (Å²) in [5.74, 6) is -0.0970. The lowest BCUT2D eigenvalue weighted by molar-refractivity contribution is 0.0935. The topological polar surface area (TPSA) is 55.1 Å². The summed E-state index contributed by atoms with van der Waals surface area (Å²) in [4.78, 5) is 12.6. The summed E-state index contributed by atoms with van der Waals surface area (Å²) in [6.45, 7) is 2.05. The van der Waals surface area contributed by atoms with Gasteiger partial charge in [-0.25, -0.2) is 0 Å². The summed E-state index contributed by atoms with van der Waals surface area (Å²) in [5.41, 5.74) is 8.02. The molecule has 1 unspecified atom stereocenters. The molecule has 0 fully saturated rings. The second kappa shape index (κ2) is 6.99. The Morgan fingerprint density at radius 1 is 1.10 bits per heavy atom. The highest BCUT2D eigenvalue weighted by molar-refractivity contribution is 7.80. The molecular weight excluding hydrogens is 280 g/mol. The number of nitrogens with two attached hydrogens (primary N) is 1. The summed E-state index contributed by atoms with van der Waals surface area (Å²) in [6, 6.07) is 17.0. The van der Waals surface area contributed by atoms with Gasteiger partial charge < -0.3 is 11.1 Å². The molecule has 0 spiro atoms. The predicted octanol–water partition coefficient (Wildman–Crippen LogP) is 3.20. The van der Waals surface area contributed by atoms with Crippen molar-refractivity contribution < 1.29 is 4.79 Å². The molecule has 0 bridgehead atoms. The molecule has 2 aromatic carbocycles. The molecule has 3 N–H and O–H groups in total. The van der Waals surface area contributed by atoms with Gasteiger partial charge in [-0.05, 0) is 24.1 Å². The monoisotopic (exact) mass is 298 g/mol. The van der Waals surface area contributed by atoms with Crippen LogP contribution in [0.15, 0.2) is 54.6 Å². The minimum atomic E-state index is -0.0970. The lowest BCUT2D eigenvalue weighted by Gasteiger charge is -2.17. The van der Waals surface area contributed by atoms with Crippen LogP contribution in [0.3, 0.4) is 0 Å². The molecule has 108 valence electrons. The van der Waals surface area contributed by atoms with Crippen LogP contribution < -0.4 is 11.1 Å². The fourth-order valence-electron chi connectivity index (χ4n) is 2.13. The molecule has 0 saturated heterocycles. The van der Waals surface area contributed by atoms with E-state index in [9.17, 15) is 4.79 Å². The molecule has 0 aliphatic heterocycles. The largest absolute Gasteiger partial charge is 0.389 e. The Kier molecular flexibility index (Phi) is 5.06. The number of hydrogen-bond donors (Lipinski definition) is 2. The van der Waals surface area contributed by atoms with E-state index >= 15 is 0 Å². The molecule has 0 saturated carbocycles. The molecule has 0 aliphatic rings. The summed E-state index contributed by atoms with van der Waals surface area (Å²) in [5, 5.41) is 3.04. The Morgan fingerprint density at radius 3 is 2.19 bits per heavy atom. The molecule has 0 aliphatic carbocycles. The third-order valence-electron chi connectivity index (χ3n) is 3.35. The number of carbonyl (C=O) groups is 1. The normalized spacial score (nSPS) is 11.7. The van der Waals surface area contributed by atoms with Crippen LogP contribution >= 0.6 is 12.2 Å². The fourth-order valence-corrected chi connectivity index (χ4v) is 2.27. The van der Waals surface area contributed by atoms with Crippen LogP contribution in [0, 0.1) is 0 Å². The third kappa shape index (κ3) is 3.89. The minimum absolute atomic E-state index is 0.00830. The summed E-state index contributed by atoms with van der Waals surface area (Å²) >= 11 is 4.90. The van der Waals surface area contributed by atoms with Crippen molar-refractivity contribution in [2.75, 3.05) is 0 Å². The lowest BCUT2D eigenvalue weighted by atomic mass is 10.0. The van der Waals surface area contributed by atoms with Crippen LogP contribution in [-0.2, 0) is 0 Å². The number of hydrogen-bond acceptors (Lipinski definition) is 2. The van der Waals surface area contributed by atoms with E-state index in [0.29, 0.717) is 10.6 Å². The van der Waals surface area contributed by atoms with E-state index in [-0.39, 0.29) is 11.9 Å². The predicted molar refractivity (Wildman–Crippen MR) is 89.3 cm³/mol. The Labute approximate surface area is 130 Å². The average molecular weight is 298 g/mol. The third-order valence-corrected chi connectivity index (χ3v) is 3.58. The SMILES string of the molecule is CCC(NC(=O)c1ccc(C(N)=S)cc1)c1ccccc1. The van der Waals surface area contributed by atoms with E-state index in [4.69, 9.17) is 18.0 Å². The second-order valence-corrected chi connectivity index (χ2v) is 5.23. The standard InChI is InChI=1S/C17H18N2OS/c1-2-15(12-6-4-3-5-7-12)19-17(20)14-10-8-13(9-11-14)16(18)21/h3-11,15H,2H2,1H3,(H2,18,21)(H,19,20).